The van der Waals surface area contributed by atoms with Gasteiger partial charge in [0.05, 0.1) is 0 Å². The molecule has 17 heavy (non-hydrogen) atoms. The minimum absolute atomic E-state index is 0. The zero-order valence-corrected chi connectivity index (χ0v) is 9.27. The van der Waals surface area contributed by atoms with Crippen LogP contribution in [0.15, 0.2) is 54.1 Å². The van der Waals surface area contributed by atoms with Crippen molar-refractivity contribution in [2.24, 2.45) is 0 Å². The molecule has 0 atom stereocenters. The van der Waals surface area contributed by atoms with Gasteiger partial charge in [-0.2, -0.15) is 0 Å². The highest BCUT2D eigenvalue weighted by Crippen LogP contribution is 2.34. The van der Waals surface area contributed by atoms with Gasteiger partial charge in [0.25, 0.3) is 0 Å². The van der Waals surface area contributed by atoms with E-state index in [0.29, 0.717) is 0 Å². The zero-order chi connectivity index (χ0) is 11.0. The lowest BCUT2D eigenvalue weighted by atomic mass is 9.97. The molecule has 0 aliphatic heterocycles. The molecule has 0 bridgehead atoms. The predicted molar refractivity (Wildman–Crippen MR) is 77.5 cm³/mol. The van der Waals surface area contributed by atoms with Gasteiger partial charge in [-0.25, -0.2) is 0 Å². The molecule has 0 saturated heterocycles. The average Bonchev–Trinajstić information content (AvgIpc) is 2.70. The summed E-state index contributed by atoms with van der Waals surface area (Å²) in [5.74, 6) is 0. The van der Waals surface area contributed by atoms with Crippen molar-refractivity contribution in [3.63, 3.8) is 0 Å². The molecule has 0 N–H and O–H groups in total. The normalized spacial score (nSPS) is 12.6. The predicted octanol–water partition coefficient (Wildman–Crippen LogP) is 3.41. The first-order chi connectivity index (χ1) is 7.84. The summed E-state index contributed by atoms with van der Waals surface area (Å²) in [7, 11) is 0. The Bertz CT molecular complexity index is 553. The summed E-state index contributed by atoms with van der Waals surface area (Å²) >= 11 is 0. The minimum atomic E-state index is 0. The number of rotatable bonds is 1. The Hall–Kier alpha value is -1.05. The Labute approximate surface area is 119 Å². The molecule has 0 amide bonds. The molecule has 0 aromatic heterocycles. The van der Waals surface area contributed by atoms with Crippen molar-refractivity contribution < 1.29 is 0 Å². The first kappa shape index (κ1) is 12.4. The summed E-state index contributed by atoms with van der Waals surface area (Å²) in [5.41, 5.74) is 6.63. The van der Waals surface area contributed by atoms with Crippen LogP contribution in [0, 0.1) is 6.42 Å². The quantitative estimate of drug-likeness (QED) is 0.660. The van der Waals surface area contributed by atoms with E-state index in [9.17, 15) is 0 Å². The second kappa shape index (κ2) is 5.07. The Kier molecular flexibility index (Phi) is 3.70. The number of fused-ring (bicyclic) bond motifs is 1. The highest BCUT2D eigenvalue weighted by Gasteiger charge is 2.13. The molecule has 3 rings (SSSR count). The van der Waals surface area contributed by atoms with Gasteiger partial charge in [-0.1, -0.05) is 60.2 Å². The van der Waals surface area contributed by atoms with E-state index in [2.05, 4.69) is 68.0 Å². The van der Waals surface area contributed by atoms with Gasteiger partial charge in [0, 0.05) is 6.42 Å². The molecular formula is C16H15Mg. The average molecular weight is 232 g/mol. The van der Waals surface area contributed by atoms with Crippen LogP contribution < -0.4 is 0 Å². The van der Waals surface area contributed by atoms with E-state index in [-0.39, 0.29) is 23.1 Å². The lowest BCUT2D eigenvalue weighted by molar-refractivity contribution is 1.45. The van der Waals surface area contributed by atoms with Gasteiger partial charge in [-0.3, -0.25) is 0 Å². The molecule has 0 spiro atoms. The fourth-order valence-electron chi connectivity index (χ4n) is 2.25. The maximum atomic E-state index is 2.26. The van der Waals surface area contributed by atoms with E-state index in [1.54, 1.807) is 0 Å². The third-order valence-electron chi connectivity index (χ3n) is 2.98. The van der Waals surface area contributed by atoms with Crippen LogP contribution in [-0.2, 0) is 0 Å². The van der Waals surface area contributed by atoms with E-state index in [0.717, 1.165) is 0 Å². The van der Waals surface area contributed by atoms with Crippen LogP contribution in [0.1, 0.15) is 18.1 Å². The van der Waals surface area contributed by atoms with Crippen molar-refractivity contribution in [2.45, 2.75) is 6.92 Å². The first-order valence-electron chi connectivity index (χ1n) is 5.56. The maximum Gasteiger partial charge on any atom is 0.316 e. The van der Waals surface area contributed by atoms with Crippen molar-refractivity contribution >= 4 is 29.1 Å². The molecule has 0 fully saturated rings. The lowest BCUT2D eigenvalue weighted by Crippen LogP contribution is -1.85. The Balaban J connectivity index is 0.00000108. The van der Waals surface area contributed by atoms with Crippen LogP contribution in [0.4, 0.5) is 0 Å². The van der Waals surface area contributed by atoms with Gasteiger partial charge in [-0.05, 0) is 29.2 Å². The molecule has 1 aliphatic rings. The van der Waals surface area contributed by atoms with Gasteiger partial charge in [-0.15, -0.1) is 0 Å². The van der Waals surface area contributed by atoms with Gasteiger partial charge in [0.2, 0.25) is 0 Å². The SMILES string of the molecule is CC1=Cc2c(cccc2-c2ccccc2)[CH]1.[MgH2]. The van der Waals surface area contributed by atoms with E-state index < -0.39 is 0 Å². The molecule has 2 aromatic rings. The first-order valence-corrected chi connectivity index (χ1v) is 5.56. The summed E-state index contributed by atoms with van der Waals surface area (Å²) in [6.07, 6.45) is 4.50. The molecule has 1 radical (unpaired) electrons. The van der Waals surface area contributed by atoms with Crippen LogP contribution in [0.5, 0.6) is 0 Å². The standard InChI is InChI=1S/C16H13.Mg.2H/c1-12-10-14-8-5-9-15(16(14)11-12)13-6-3-2-4-7-13;;;/h2-11H,1H3;;;. The molecule has 0 nitrogen and oxygen atoms in total. The Morgan fingerprint density at radius 2 is 1.59 bits per heavy atom. The van der Waals surface area contributed by atoms with Gasteiger partial charge >= 0.3 is 23.1 Å². The number of allylic oxidation sites excluding steroid dienone is 1. The fraction of sp³-hybridized carbons (Fsp3) is 0.0625. The summed E-state index contributed by atoms with van der Waals surface area (Å²) in [5, 5.41) is 0. The summed E-state index contributed by atoms with van der Waals surface area (Å²) in [6, 6.07) is 17.1. The van der Waals surface area contributed by atoms with Crippen molar-refractivity contribution in [1.29, 1.82) is 0 Å². The van der Waals surface area contributed by atoms with E-state index in [4.69, 9.17) is 0 Å². The van der Waals surface area contributed by atoms with E-state index >= 15 is 0 Å². The van der Waals surface area contributed by atoms with Crippen molar-refractivity contribution in [3.05, 3.63) is 71.7 Å². The maximum absolute atomic E-state index is 2.26. The summed E-state index contributed by atoms with van der Waals surface area (Å²) in [4.78, 5) is 0. The monoisotopic (exact) mass is 231 g/mol. The Morgan fingerprint density at radius 3 is 2.35 bits per heavy atom. The molecular weight excluding hydrogens is 216 g/mol. The van der Waals surface area contributed by atoms with E-state index in [1.165, 1.54) is 27.8 Å². The van der Waals surface area contributed by atoms with Crippen molar-refractivity contribution in [2.75, 3.05) is 0 Å². The molecule has 0 unspecified atom stereocenters. The highest BCUT2D eigenvalue weighted by atomic mass is 24.3. The third-order valence-corrected chi connectivity index (χ3v) is 2.98. The largest absolute Gasteiger partial charge is 0.316 e. The summed E-state index contributed by atoms with van der Waals surface area (Å²) in [6.45, 7) is 2.15. The third kappa shape index (κ3) is 2.31. The van der Waals surface area contributed by atoms with Crippen molar-refractivity contribution in [3.8, 4) is 11.1 Å². The molecule has 1 aliphatic carbocycles. The molecule has 81 valence electrons. The van der Waals surface area contributed by atoms with Gasteiger partial charge in [0.15, 0.2) is 0 Å². The van der Waals surface area contributed by atoms with Gasteiger partial charge in [0.1, 0.15) is 0 Å². The molecule has 0 saturated carbocycles. The van der Waals surface area contributed by atoms with Crippen LogP contribution in [0.3, 0.4) is 0 Å². The fourth-order valence-corrected chi connectivity index (χ4v) is 2.25. The lowest BCUT2D eigenvalue weighted by Gasteiger charge is -2.07. The molecule has 0 heterocycles. The van der Waals surface area contributed by atoms with Crippen LogP contribution in [0.2, 0.25) is 0 Å². The van der Waals surface area contributed by atoms with Crippen LogP contribution in [-0.4, -0.2) is 23.1 Å². The topological polar surface area (TPSA) is 0 Å². The molecule has 2 aromatic carbocycles. The zero-order valence-electron chi connectivity index (χ0n) is 9.27. The Morgan fingerprint density at radius 1 is 0.824 bits per heavy atom. The number of benzene rings is 2. The second-order valence-electron chi connectivity index (χ2n) is 4.21. The smallest absolute Gasteiger partial charge is 0.0642 e. The van der Waals surface area contributed by atoms with Crippen LogP contribution >= 0.6 is 0 Å². The minimum Gasteiger partial charge on any atom is -0.0642 e. The summed E-state index contributed by atoms with van der Waals surface area (Å²) < 4.78 is 0. The van der Waals surface area contributed by atoms with Crippen molar-refractivity contribution in [1.82, 2.24) is 0 Å². The van der Waals surface area contributed by atoms with E-state index in [1.807, 2.05) is 0 Å². The second-order valence-corrected chi connectivity index (χ2v) is 4.21. The molecule has 1 heteroatoms. The number of hydrogen-bond donors (Lipinski definition) is 0. The van der Waals surface area contributed by atoms with Gasteiger partial charge < -0.3 is 0 Å². The highest BCUT2D eigenvalue weighted by molar-refractivity contribution is 5.82. The van der Waals surface area contributed by atoms with Crippen LogP contribution in [0.25, 0.3) is 17.2 Å². The number of hydrogen-bond acceptors (Lipinski definition) is 0.